The van der Waals surface area contributed by atoms with Crippen molar-refractivity contribution in [3.8, 4) is 0 Å². The summed E-state index contributed by atoms with van der Waals surface area (Å²) < 4.78 is 0. The van der Waals surface area contributed by atoms with Crippen LogP contribution in [0.2, 0.25) is 0 Å². The Morgan fingerprint density at radius 2 is 1.65 bits per heavy atom. The molecular formula is C17H17NO2. The van der Waals surface area contributed by atoms with Gasteiger partial charge < -0.3 is 4.90 Å². The van der Waals surface area contributed by atoms with Crippen LogP contribution in [0.1, 0.15) is 40.0 Å². The van der Waals surface area contributed by atoms with Crippen molar-refractivity contribution in [3.63, 3.8) is 0 Å². The number of carbonyl (C=O) groups excluding carboxylic acids is 2. The third-order valence-corrected chi connectivity index (χ3v) is 3.92. The average Bonchev–Trinajstić information content (AvgIpc) is 2.53. The second-order valence-corrected chi connectivity index (χ2v) is 5.26. The summed E-state index contributed by atoms with van der Waals surface area (Å²) in [6, 6.07) is 11.4. The van der Waals surface area contributed by atoms with Gasteiger partial charge in [0.05, 0.1) is 5.56 Å². The SMILES string of the molecule is O=Cc1cc2ccccc2cc1C(=O)N1CCCCC1. The van der Waals surface area contributed by atoms with Crippen LogP contribution in [-0.4, -0.2) is 30.2 Å². The molecule has 0 unspecified atom stereocenters. The number of aldehydes is 1. The van der Waals surface area contributed by atoms with Crippen molar-refractivity contribution >= 4 is 23.0 Å². The summed E-state index contributed by atoms with van der Waals surface area (Å²) in [5, 5.41) is 1.99. The van der Waals surface area contributed by atoms with Crippen LogP contribution in [0.5, 0.6) is 0 Å². The van der Waals surface area contributed by atoms with Gasteiger partial charge in [-0.2, -0.15) is 0 Å². The fourth-order valence-electron chi connectivity index (χ4n) is 2.81. The molecule has 0 spiro atoms. The topological polar surface area (TPSA) is 37.4 Å². The number of carbonyl (C=O) groups is 2. The molecule has 102 valence electrons. The summed E-state index contributed by atoms with van der Waals surface area (Å²) in [6.07, 6.45) is 4.07. The lowest BCUT2D eigenvalue weighted by atomic mass is 10.00. The first-order valence-electron chi connectivity index (χ1n) is 7.07. The highest BCUT2D eigenvalue weighted by atomic mass is 16.2. The molecule has 0 bridgehead atoms. The average molecular weight is 267 g/mol. The fraction of sp³-hybridized carbons (Fsp3) is 0.294. The highest BCUT2D eigenvalue weighted by Gasteiger charge is 2.21. The first kappa shape index (κ1) is 12.9. The smallest absolute Gasteiger partial charge is 0.254 e. The molecule has 3 rings (SSSR count). The molecule has 2 aromatic rings. The molecule has 20 heavy (non-hydrogen) atoms. The number of piperidine rings is 1. The predicted molar refractivity (Wildman–Crippen MR) is 79.1 cm³/mol. The van der Waals surface area contributed by atoms with Gasteiger partial charge in [0.2, 0.25) is 0 Å². The number of amides is 1. The van der Waals surface area contributed by atoms with Gasteiger partial charge in [-0.1, -0.05) is 24.3 Å². The quantitative estimate of drug-likeness (QED) is 0.783. The summed E-state index contributed by atoms with van der Waals surface area (Å²) in [5.41, 5.74) is 1.01. The molecule has 1 amide bonds. The van der Waals surface area contributed by atoms with Crippen molar-refractivity contribution in [2.75, 3.05) is 13.1 Å². The van der Waals surface area contributed by atoms with Crippen LogP contribution in [-0.2, 0) is 0 Å². The molecule has 2 aromatic carbocycles. The van der Waals surface area contributed by atoms with Crippen molar-refractivity contribution in [1.29, 1.82) is 0 Å². The van der Waals surface area contributed by atoms with Crippen molar-refractivity contribution < 1.29 is 9.59 Å². The Bertz CT molecular complexity index is 657. The third-order valence-electron chi connectivity index (χ3n) is 3.92. The molecule has 0 radical (unpaired) electrons. The second-order valence-electron chi connectivity index (χ2n) is 5.26. The summed E-state index contributed by atoms with van der Waals surface area (Å²) >= 11 is 0. The zero-order valence-electron chi connectivity index (χ0n) is 11.3. The molecule has 3 nitrogen and oxygen atoms in total. The first-order chi connectivity index (χ1) is 9.79. The van der Waals surface area contributed by atoms with E-state index in [4.69, 9.17) is 0 Å². The molecule has 0 aromatic heterocycles. The highest BCUT2D eigenvalue weighted by Crippen LogP contribution is 2.22. The molecule has 1 aliphatic rings. The van der Waals surface area contributed by atoms with Crippen molar-refractivity contribution in [2.24, 2.45) is 0 Å². The predicted octanol–water partition coefficient (Wildman–Crippen LogP) is 3.28. The van der Waals surface area contributed by atoms with Crippen LogP contribution < -0.4 is 0 Å². The van der Waals surface area contributed by atoms with Crippen molar-refractivity contribution in [3.05, 3.63) is 47.5 Å². The van der Waals surface area contributed by atoms with E-state index in [0.29, 0.717) is 11.1 Å². The Labute approximate surface area is 118 Å². The minimum atomic E-state index is -0.0162. The van der Waals surface area contributed by atoms with Gasteiger partial charge in [-0.15, -0.1) is 0 Å². The molecule has 0 N–H and O–H groups in total. The van der Waals surface area contributed by atoms with Crippen molar-refractivity contribution in [2.45, 2.75) is 19.3 Å². The van der Waals surface area contributed by atoms with E-state index in [2.05, 4.69) is 0 Å². The lowest BCUT2D eigenvalue weighted by Crippen LogP contribution is -2.36. The summed E-state index contributed by atoms with van der Waals surface area (Å²) in [7, 11) is 0. The Hall–Kier alpha value is -2.16. The van der Waals surface area contributed by atoms with E-state index in [-0.39, 0.29) is 5.91 Å². The highest BCUT2D eigenvalue weighted by molar-refractivity contribution is 6.05. The number of rotatable bonds is 2. The normalized spacial score (nSPS) is 15.3. The second kappa shape index (κ2) is 5.45. The van der Waals surface area contributed by atoms with E-state index in [1.807, 2.05) is 35.2 Å². The molecule has 1 aliphatic heterocycles. The van der Waals surface area contributed by atoms with Crippen molar-refractivity contribution in [1.82, 2.24) is 4.90 Å². The first-order valence-corrected chi connectivity index (χ1v) is 7.07. The van der Waals surface area contributed by atoms with Gasteiger partial charge in [0.1, 0.15) is 0 Å². The van der Waals surface area contributed by atoms with Crippen LogP contribution in [0.3, 0.4) is 0 Å². The van der Waals surface area contributed by atoms with Gasteiger partial charge in [-0.05, 0) is 42.2 Å². The van der Waals surface area contributed by atoms with Crippen LogP contribution in [0.15, 0.2) is 36.4 Å². The Morgan fingerprint density at radius 1 is 1.00 bits per heavy atom. The third kappa shape index (κ3) is 2.31. The number of hydrogen-bond donors (Lipinski definition) is 0. The molecule has 0 saturated carbocycles. The van der Waals surface area contributed by atoms with E-state index in [0.717, 1.165) is 43.0 Å². The molecule has 3 heteroatoms. The maximum atomic E-state index is 12.6. The largest absolute Gasteiger partial charge is 0.339 e. The Balaban J connectivity index is 2.04. The van der Waals surface area contributed by atoms with Gasteiger partial charge in [-0.25, -0.2) is 0 Å². The monoisotopic (exact) mass is 267 g/mol. The Kier molecular flexibility index (Phi) is 3.50. The zero-order chi connectivity index (χ0) is 13.9. The number of hydrogen-bond acceptors (Lipinski definition) is 2. The number of fused-ring (bicyclic) bond motifs is 1. The fourth-order valence-corrected chi connectivity index (χ4v) is 2.81. The number of likely N-dealkylation sites (tertiary alicyclic amines) is 1. The molecule has 1 saturated heterocycles. The summed E-state index contributed by atoms with van der Waals surface area (Å²) in [4.78, 5) is 25.7. The molecule has 1 heterocycles. The lowest BCUT2D eigenvalue weighted by Gasteiger charge is -2.27. The van der Waals surface area contributed by atoms with Gasteiger partial charge in [-0.3, -0.25) is 9.59 Å². The van der Waals surface area contributed by atoms with Crippen LogP contribution in [0.4, 0.5) is 0 Å². The van der Waals surface area contributed by atoms with Crippen LogP contribution in [0.25, 0.3) is 10.8 Å². The molecule has 1 fully saturated rings. The number of nitrogens with zero attached hydrogens (tertiary/aromatic N) is 1. The maximum Gasteiger partial charge on any atom is 0.254 e. The molecule has 0 atom stereocenters. The van der Waals surface area contributed by atoms with E-state index >= 15 is 0 Å². The maximum absolute atomic E-state index is 12.6. The van der Waals surface area contributed by atoms with Crippen LogP contribution in [0, 0.1) is 0 Å². The van der Waals surface area contributed by atoms with E-state index < -0.39 is 0 Å². The lowest BCUT2D eigenvalue weighted by molar-refractivity contribution is 0.0722. The van der Waals surface area contributed by atoms with Gasteiger partial charge in [0.15, 0.2) is 6.29 Å². The van der Waals surface area contributed by atoms with E-state index in [1.54, 1.807) is 6.07 Å². The van der Waals surface area contributed by atoms with Gasteiger partial charge >= 0.3 is 0 Å². The summed E-state index contributed by atoms with van der Waals surface area (Å²) in [6.45, 7) is 1.59. The Morgan fingerprint density at radius 3 is 2.30 bits per heavy atom. The van der Waals surface area contributed by atoms with Gasteiger partial charge in [0, 0.05) is 18.7 Å². The summed E-state index contributed by atoms with van der Waals surface area (Å²) in [5.74, 6) is -0.0162. The molecular weight excluding hydrogens is 250 g/mol. The minimum Gasteiger partial charge on any atom is -0.339 e. The number of benzene rings is 2. The zero-order valence-corrected chi connectivity index (χ0v) is 11.3. The standard InChI is InChI=1S/C17H17NO2/c19-12-15-10-13-6-2-3-7-14(13)11-16(15)17(20)18-8-4-1-5-9-18/h2-3,6-7,10-12H,1,4-5,8-9H2. The van der Waals surface area contributed by atoms with E-state index in [1.165, 1.54) is 6.42 Å². The van der Waals surface area contributed by atoms with Crippen LogP contribution >= 0.6 is 0 Å². The van der Waals surface area contributed by atoms with Gasteiger partial charge in [0.25, 0.3) is 5.91 Å². The van der Waals surface area contributed by atoms with E-state index in [9.17, 15) is 9.59 Å². The molecule has 0 aliphatic carbocycles. The minimum absolute atomic E-state index is 0.0162.